The molecule has 1 N–H and O–H groups in total. The zero-order valence-corrected chi connectivity index (χ0v) is 12.0. The van der Waals surface area contributed by atoms with Gasteiger partial charge < -0.3 is 4.90 Å². The predicted molar refractivity (Wildman–Crippen MR) is 72.1 cm³/mol. The third-order valence-corrected chi connectivity index (χ3v) is 3.25. The zero-order chi connectivity index (χ0) is 14.7. The lowest BCUT2D eigenvalue weighted by Crippen LogP contribution is -2.41. The molecule has 1 heterocycles. The van der Waals surface area contributed by atoms with Crippen LogP contribution >= 0.6 is 11.6 Å². The van der Waals surface area contributed by atoms with Crippen molar-refractivity contribution in [2.45, 2.75) is 13.0 Å². The maximum atomic E-state index is 12.1. The minimum atomic E-state index is -0.473. The van der Waals surface area contributed by atoms with Crippen LogP contribution in [0, 0.1) is 0 Å². The first kappa shape index (κ1) is 14.3. The highest BCUT2D eigenvalue weighted by Gasteiger charge is 2.21. The number of benzene rings is 1. The zero-order valence-electron chi connectivity index (χ0n) is 11.2. The van der Waals surface area contributed by atoms with Crippen LogP contribution in [0.2, 0.25) is 5.02 Å². The molecule has 0 radical (unpaired) electrons. The molecule has 20 heavy (non-hydrogen) atoms. The van der Waals surface area contributed by atoms with Gasteiger partial charge in [0.25, 0.3) is 0 Å². The fraction of sp³-hybridized carbons (Fsp3) is 0.308. The Labute approximate surface area is 120 Å². The number of aromatic amines is 1. The molecule has 0 saturated carbocycles. The first-order valence-corrected chi connectivity index (χ1v) is 6.40. The van der Waals surface area contributed by atoms with Gasteiger partial charge in [-0.25, -0.2) is 4.79 Å². The van der Waals surface area contributed by atoms with Crippen molar-refractivity contribution in [1.82, 2.24) is 10.2 Å². The Bertz CT molecular complexity index is 660. The molecular weight excluding hydrogens is 282 g/mol. The average molecular weight is 297 g/mol. The van der Waals surface area contributed by atoms with E-state index in [0.717, 1.165) is 5.56 Å². The van der Waals surface area contributed by atoms with E-state index in [4.69, 9.17) is 11.6 Å². The second-order valence-electron chi connectivity index (χ2n) is 4.54. The van der Waals surface area contributed by atoms with Crippen molar-refractivity contribution in [3.63, 3.8) is 0 Å². The maximum absolute atomic E-state index is 12.1. The SMILES string of the molecule is CN(Cc1c(=O)o[nH][n+]1C)C(=O)Cc1ccc(Cl)cc1. The Morgan fingerprint density at radius 3 is 2.60 bits per heavy atom. The van der Waals surface area contributed by atoms with Crippen molar-refractivity contribution in [2.75, 3.05) is 7.05 Å². The summed E-state index contributed by atoms with van der Waals surface area (Å²) in [5, 5.41) is 3.04. The van der Waals surface area contributed by atoms with Crippen LogP contribution in [0.5, 0.6) is 0 Å². The highest BCUT2D eigenvalue weighted by Crippen LogP contribution is 2.10. The van der Waals surface area contributed by atoms with Crippen LogP contribution in [-0.2, 0) is 24.8 Å². The second-order valence-corrected chi connectivity index (χ2v) is 4.98. The number of nitrogens with one attached hydrogen (secondary N) is 1. The molecule has 0 aliphatic carbocycles. The van der Waals surface area contributed by atoms with Gasteiger partial charge in [-0.15, -0.1) is 0 Å². The summed E-state index contributed by atoms with van der Waals surface area (Å²) in [6, 6.07) is 7.09. The molecule has 6 nitrogen and oxygen atoms in total. The highest BCUT2D eigenvalue weighted by atomic mass is 35.5. The fourth-order valence-electron chi connectivity index (χ4n) is 1.76. The molecule has 0 spiro atoms. The van der Waals surface area contributed by atoms with Crippen molar-refractivity contribution in [2.24, 2.45) is 7.05 Å². The van der Waals surface area contributed by atoms with Crippen molar-refractivity contribution >= 4 is 17.5 Å². The maximum Gasteiger partial charge on any atom is 0.431 e. The van der Waals surface area contributed by atoms with Gasteiger partial charge in [0.05, 0.1) is 6.42 Å². The van der Waals surface area contributed by atoms with Crippen LogP contribution in [0.15, 0.2) is 33.6 Å². The number of rotatable bonds is 4. The third-order valence-electron chi connectivity index (χ3n) is 3.00. The molecule has 1 amide bonds. The minimum Gasteiger partial charge on any atom is -0.335 e. The van der Waals surface area contributed by atoms with Crippen molar-refractivity contribution in [3.8, 4) is 0 Å². The molecule has 2 aromatic rings. The van der Waals surface area contributed by atoms with E-state index >= 15 is 0 Å². The normalized spacial score (nSPS) is 10.6. The number of hydrogen-bond acceptors (Lipinski definition) is 3. The molecule has 0 fully saturated rings. The summed E-state index contributed by atoms with van der Waals surface area (Å²) >= 11 is 5.79. The molecule has 0 saturated heterocycles. The van der Waals surface area contributed by atoms with Crippen LogP contribution in [-0.4, -0.2) is 23.1 Å². The summed E-state index contributed by atoms with van der Waals surface area (Å²) in [5.41, 5.74) is 0.785. The van der Waals surface area contributed by atoms with Crippen LogP contribution in [0.25, 0.3) is 0 Å². The smallest absolute Gasteiger partial charge is 0.335 e. The molecule has 0 unspecified atom stereocenters. The Kier molecular flexibility index (Phi) is 4.24. The van der Waals surface area contributed by atoms with Gasteiger partial charge in [0.2, 0.25) is 5.91 Å². The quantitative estimate of drug-likeness (QED) is 0.842. The van der Waals surface area contributed by atoms with E-state index in [1.807, 2.05) is 0 Å². The standard InChI is InChI=1S/C13H14ClN3O3/c1-16(8-11-13(19)20-15-17(11)2)12(18)7-9-3-5-10(14)6-4-9/h3-6H,7-8H2,1-2H3/p+1. The Morgan fingerprint density at radius 1 is 1.40 bits per heavy atom. The summed E-state index contributed by atoms with van der Waals surface area (Å²) in [4.78, 5) is 25.0. The van der Waals surface area contributed by atoms with Gasteiger partial charge in [-0.05, 0) is 23.0 Å². The molecule has 106 valence electrons. The van der Waals surface area contributed by atoms with Crippen molar-refractivity contribution < 1.29 is 14.0 Å². The van der Waals surface area contributed by atoms with Gasteiger partial charge in [-0.2, -0.15) is 0 Å². The van der Waals surface area contributed by atoms with E-state index in [0.29, 0.717) is 10.7 Å². The Balaban J connectivity index is 2.02. The summed E-state index contributed by atoms with van der Waals surface area (Å²) < 4.78 is 6.09. The first-order chi connectivity index (χ1) is 9.47. The molecule has 1 aromatic carbocycles. The van der Waals surface area contributed by atoms with Gasteiger partial charge in [-0.3, -0.25) is 9.32 Å². The molecule has 2 rings (SSSR count). The Hall–Kier alpha value is -2.08. The lowest BCUT2D eigenvalue weighted by Gasteiger charge is -2.14. The number of H-pyrrole nitrogens is 1. The molecule has 0 aliphatic heterocycles. The lowest BCUT2D eigenvalue weighted by molar-refractivity contribution is -0.746. The van der Waals surface area contributed by atoms with E-state index in [-0.39, 0.29) is 18.9 Å². The number of aromatic nitrogens is 2. The minimum absolute atomic E-state index is 0.0899. The van der Waals surface area contributed by atoms with Gasteiger partial charge in [0.15, 0.2) is 7.05 Å². The van der Waals surface area contributed by atoms with Gasteiger partial charge in [0.1, 0.15) is 6.54 Å². The van der Waals surface area contributed by atoms with Crippen LogP contribution in [0.4, 0.5) is 0 Å². The number of aryl methyl sites for hydroxylation is 1. The van der Waals surface area contributed by atoms with Crippen LogP contribution < -0.4 is 10.3 Å². The molecule has 0 bridgehead atoms. The van der Waals surface area contributed by atoms with Crippen molar-refractivity contribution in [3.05, 3.63) is 51.0 Å². The number of carbonyl (C=O) groups is 1. The van der Waals surface area contributed by atoms with E-state index in [2.05, 4.69) is 9.79 Å². The number of likely N-dealkylation sites (N-methyl/N-ethyl adjacent to an activating group) is 1. The van der Waals surface area contributed by atoms with E-state index in [1.165, 1.54) is 9.58 Å². The van der Waals surface area contributed by atoms with E-state index in [9.17, 15) is 9.59 Å². The van der Waals surface area contributed by atoms with Crippen molar-refractivity contribution in [1.29, 1.82) is 0 Å². The second kappa shape index (κ2) is 5.92. The topological polar surface area (TPSA) is 70.2 Å². The molecular formula is C13H15ClN3O3+. The summed E-state index contributed by atoms with van der Waals surface area (Å²) in [5.74, 6) is -0.0899. The number of nitrogens with zero attached hydrogens (tertiary/aromatic N) is 2. The number of amides is 1. The summed E-state index contributed by atoms with van der Waals surface area (Å²) in [6.07, 6.45) is 0.257. The van der Waals surface area contributed by atoms with E-state index < -0.39 is 5.63 Å². The van der Waals surface area contributed by atoms with Gasteiger partial charge in [-0.1, -0.05) is 28.4 Å². The molecule has 7 heteroatoms. The largest absolute Gasteiger partial charge is 0.431 e. The molecule has 1 aromatic heterocycles. The summed E-state index contributed by atoms with van der Waals surface area (Å²) in [6.45, 7) is 0.189. The lowest BCUT2D eigenvalue weighted by atomic mass is 10.1. The molecule has 0 atom stereocenters. The molecule has 0 aliphatic rings. The average Bonchev–Trinajstić information content (AvgIpc) is 2.73. The van der Waals surface area contributed by atoms with Crippen LogP contribution in [0.1, 0.15) is 11.3 Å². The Morgan fingerprint density at radius 2 is 2.05 bits per heavy atom. The predicted octanol–water partition coefficient (Wildman–Crippen LogP) is 0.647. The summed E-state index contributed by atoms with van der Waals surface area (Å²) in [7, 11) is 3.29. The van der Waals surface area contributed by atoms with Crippen LogP contribution in [0.3, 0.4) is 0 Å². The monoisotopic (exact) mass is 296 g/mol. The fourth-order valence-corrected chi connectivity index (χ4v) is 1.88. The number of hydrogen-bond donors (Lipinski definition) is 1. The third kappa shape index (κ3) is 3.27. The van der Waals surface area contributed by atoms with Gasteiger partial charge >= 0.3 is 11.3 Å². The number of carbonyl (C=O) groups excluding carboxylic acids is 1. The first-order valence-electron chi connectivity index (χ1n) is 6.02. The highest BCUT2D eigenvalue weighted by molar-refractivity contribution is 6.30. The van der Waals surface area contributed by atoms with E-state index in [1.54, 1.807) is 38.4 Å². The van der Waals surface area contributed by atoms with Gasteiger partial charge in [0, 0.05) is 12.1 Å². The number of halogens is 1.